The average molecular weight is 442 g/mol. The van der Waals surface area contributed by atoms with Gasteiger partial charge in [-0.3, -0.25) is 9.69 Å². The zero-order valence-electron chi connectivity index (χ0n) is 15.9. The van der Waals surface area contributed by atoms with E-state index in [4.69, 9.17) is 12.2 Å². The van der Waals surface area contributed by atoms with Crippen LogP contribution in [0.5, 0.6) is 0 Å². The van der Waals surface area contributed by atoms with Crippen molar-refractivity contribution in [3.05, 3.63) is 93.8 Å². The van der Waals surface area contributed by atoms with Crippen LogP contribution in [0.3, 0.4) is 0 Å². The lowest BCUT2D eigenvalue weighted by molar-refractivity contribution is -0.113. The maximum Gasteiger partial charge on any atom is 0.255 e. The van der Waals surface area contributed by atoms with Crippen molar-refractivity contribution in [2.24, 2.45) is 0 Å². The van der Waals surface area contributed by atoms with Crippen molar-refractivity contribution in [3.63, 3.8) is 0 Å². The Labute approximate surface area is 181 Å². The van der Waals surface area contributed by atoms with Crippen LogP contribution in [0.15, 0.2) is 77.3 Å². The quantitative estimate of drug-likeness (QED) is 0.534. The van der Waals surface area contributed by atoms with Crippen molar-refractivity contribution in [1.82, 2.24) is 5.32 Å². The molecule has 30 heavy (non-hydrogen) atoms. The van der Waals surface area contributed by atoms with E-state index in [0.29, 0.717) is 22.1 Å². The van der Waals surface area contributed by atoms with Gasteiger partial charge in [-0.15, -0.1) is 11.3 Å². The molecule has 4 rings (SSSR count). The second kappa shape index (κ2) is 8.33. The van der Waals surface area contributed by atoms with E-state index in [1.54, 1.807) is 36.1 Å². The lowest BCUT2D eigenvalue weighted by Crippen LogP contribution is -2.48. The normalized spacial score (nSPS) is 16.4. The number of thiophene rings is 1. The third-order valence-corrected chi connectivity index (χ3v) is 6.00. The van der Waals surface area contributed by atoms with Crippen molar-refractivity contribution in [2.75, 3.05) is 10.2 Å². The Balaban J connectivity index is 1.79. The van der Waals surface area contributed by atoms with Crippen molar-refractivity contribution in [1.29, 1.82) is 0 Å². The lowest BCUT2D eigenvalue weighted by atomic mass is 9.99. The van der Waals surface area contributed by atoms with Gasteiger partial charge in [0.2, 0.25) is 0 Å². The Morgan fingerprint density at radius 3 is 2.50 bits per heavy atom. The fourth-order valence-corrected chi connectivity index (χ4v) is 4.50. The second-order valence-electron chi connectivity index (χ2n) is 6.64. The van der Waals surface area contributed by atoms with Crippen LogP contribution >= 0.6 is 23.6 Å². The molecule has 1 unspecified atom stereocenters. The molecule has 8 heteroatoms. The standard InChI is InChI=1S/C22H17F2N3OS2/c1-13-19(21(28)25-17-6-3-2-5-16(17)24)20(18-7-4-12-30-18)26-22(29)27(13)15-10-8-14(23)9-11-15/h2-12,20H,1H3,(H,25,28)(H,26,29). The van der Waals surface area contributed by atoms with E-state index in [9.17, 15) is 13.6 Å². The molecule has 1 aliphatic rings. The van der Waals surface area contributed by atoms with Crippen LogP contribution in [0.1, 0.15) is 17.8 Å². The third-order valence-electron chi connectivity index (χ3n) is 4.76. The number of thiocarbonyl (C=S) groups is 1. The highest BCUT2D eigenvalue weighted by molar-refractivity contribution is 7.80. The highest BCUT2D eigenvalue weighted by Gasteiger charge is 2.35. The molecule has 1 atom stereocenters. The monoisotopic (exact) mass is 441 g/mol. The van der Waals surface area contributed by atoms with Gasteiger partial charge in [0, 0.05) is 16.3 Å². The molecule has 2 aromatic carbocycles. The third kappa shape index (κ3) is 3.83. The lowest BCUT2D eigenvalue weighted by Gasteiger charge is -2.37. The number of carbonyl (C=O) groups excluding carboxylic acids is 1. The number of rotatable bonds is 4. The van der Waals surface area contributed by atoms with E-state index < -0.39 is 17.8 Å². The SMILES string of the molecule is CC1=C(C(=O)Nc2ccccc2F)C(c2cccs2)NC(=S)N1c1ccc(F)cc1. The van der Waals surface area contributed by atoms with E-state index in [2.05, 4.69) is 10.6 Å². The molecule has 1 aromatic heterocycles. The summed E-state index contributed by atoms with van der Waals surface area (Å²) in [5.41, 5.74) is 1.69. The van der Waals surface area contributed by atoms with Gasteiger partial charge in [-0.25, -0.2) is 8.78 Å². The van der Waals surface area contributed by atoms with E-state index in [1.165, 1.54) is 35.6 Å². The maximum atomic E-state index is 14.1. The van der Waals surface area contributed by atoms with Crippen molar-refractivity contribution in [2.45, 2.75) is 13.0 Å². The molecule has 2 heterocycles. The predicted molar refractivity (Wildman–Crippen MR) is 119 cm³/mol. The number of hydrogen-bond acceptors (Lipinski definition) is 3. The zero-order chi connectivity index (χ0) is 21.3. The first kappa shape index (κ1) is 20.2. The molecule has 0 spiro atoms. The molecule has 0 aliphatic carbocycles. The molecule has 1 aliphatic heterocycles. The molecule has 0 saturated carbocycles. The highest BCUT2D eigenvalue weighted by atomic mass is 32.1. The van der Waals surface area contributed by atoms with Crippen LogP contribution in [0.2, 0.25) is 0 Å². The highest BCUT2D eigenvalue weighted by Crippen LogP contribution is 2.36. The number of benzene rings is 2. The molecular formula is C22H17F2N3OS2. The summed E-state index contributed by atoms with van der Waals surface area (Å²) in [5, 5.41) is 8.17. The van der Waals surface area contributed by atoms with E-state index in [1.807, 2.05) is 17.5 Å². The number of amides is 1. The van der Waals surface area contributed by atoms with Gasteiger partial charge in [-0.05, 0) is 67.0 Å². The minimum atomic E-state index is -0.522. The van der Waals surface area contributed by atoms with Gasteiger partial charge < -0.3 is 10.6 Å². The summed E-state index contributed by atoms with van der Waals surface area (Å²) in [6.07, 6.45) is 0. The summed E-state index contributed by atoms with van der Waals surface area (Å²) in [5.74, 6) is -1.34. The zero-order valence-corrected chi connectivity index (χ0v) is 17.5. The largest absolute Gasteiger partial charge is 0.350 e. The molecule has 2 N–H and O–H groups in total. The van der Waals surface area contributed by atoms with E-state index in [-0.39, 0.29) is 11.5 Å². The van der Waals surface area contributed by atoms with Gasteiger partial charge in [-0.2, -0.15) is 0 Å². The summed E-state index contributed by atoms with van der Waals surface area (Å²) in [6.45, 7) is 1.77. The van der Waals surface area contributed by atoms with Crippen molar-refractivity contribution in [3.8, 4) is 0 Å². The number of hydrogen-bond donors (Lipinski definition) is 2. The van der Waals surface area contributed by atoms with Gasteiger partial charge in [-0.1, -0.05) is 18.2 Å². The van der Waals surface area contributed by atoms with E-state index in [0.717, 1.165) is 4.88 Å². The second-order valence-corrected chi connectivity index (χ2v) is 8.01. The minimum absolute atomic E-state index is 0.0919. The molecule has 0 radical (unpaired) electrons. The number of para-hydroxylation sites is 1. The molecule has 4 nitrogen and oxygen atoms in total. The molecular weight excluding hydrogens is 424 g/mol. The number of nitrogens with zero attached hydrogens (tertiary/aromatic N) is 1. The van der Waals surface area contributed by atoms with Crippen LogP contribution in [0.4, 0.5) is 20.2 Å². The van der Waals surface area contributed by atoms with E-state index >= 15 is 0 Å². The summed E-state index contributed by atoms with van der Waals surface area (Å²) < 4.78 is 27.5. The minimum Gasteiger partial charge on any atom is -0.350 e. The topological polar surface area (TPSA) is 44.4 Å². The number of nitrogens with one attached hydrogen (secondary N) is 2. The average Bonchev–Trinajstić information content (AvgIpc) is 3.25. The van der Waals surface area contributed by atoms with Crippen molar-refractivity contribution >= 4 is 45.9 Å². The summed E-state index contributed by atoms with van der Waals surface area (Å²) in [7, 11) is 0. The smallest absolute Gasteiger partial charge is 0.255 e. The first-order valence-electron chi connectivity index (χ1n) is 9.12. The Bertz CT molecular complexity index is 1130. The van der Waals surface area contributed by atoms with Gasteiger partial charge in [0.05, 0.1) is 17.3 Å². The fraction of sp³-hybridized carbons (Fsp3) is 0.0909. The van der Waals surface area contributed by atoms with Gasteiger partial charge in [0.1, 0.15) is 11.6 Å². The predicted octanol–water partition coefficient (Wildman–Crippen LogP) is 5.37. The van der Waals surface area contributed by atoms with Crippen LogP contribution in [0, 0.1) is 11.6 Å². The Kier molecular flexibility index (Phi) is 5.61. The first-order valence-corrected chi connectivity index (χ1v) is 10.4. The first-order chi connectivity index (χ1) is 14.5. The van der Waals surface area contributed by atoms with Gasteiger partial charge in [0.15, 0.2) is 5.11 Å². The maximum absolute atomic E-state index is 14.1. The number of anilines is 2. The number of halogens is 2. The fourth-order valence-electron chi connectivity index (χ4n) is 3.36. The van der Waals surface area contributed by atoms with Gasteiger partial charge in [0.25, 0.3) is 5.91 Å². The Hall–Kier alpha value is -3.10. The molecule has 1 amide bonds. The molecule has 0 bridgehead atoms. The van der Waals surface area contributed by atoms with Crippen LogP contribution in [-0.2, 0) is 4.79 Å². The van der Waals surface area contributed by atoms with Gasteiger partial charge >= 0.3 is 0 Å². The Morgan fingerprint density at radius 1 is 1.10 bits per heavy atom. The van der Waals surface area contributed by atoms with Crippen LogP contribution < -0.4 is 15.5 Å². The summed E-state index contributed by atoms with van der Waals surface area (Å²) in [6, 6.07) is 15.1. The summed E-state index contributed by atoms with van der Waals surface area (Å²) in [4.78, 5) is 15.8. The summed E-state index contributed by atoms with van der Waals surface area (Å²) >= 11 is 7.04. The number of carbonyl (C=O) groups is 1. The Morgan fingerprint density at radius 2 is 1.83 bits per heavy atom. The molecule has 152 valence electrons. The molecule has 3 aromatic rings. The molecule has 0 fully saturated rings. The van der Waals surface area contributed by atoms with Crippen molar-refractivity contribution < 1.29 is 13.6 Å². The van der Waals surface area contributed by atoms with Crippen LogP contribution in [0.25, 0.3) is 0 Å². The number of allylic oxidation sites excluding steroid dienone is 1. The van der Waals surface area contributed by atoms with Crippen LogP contribution in [-0.4, -0.2) is 11.0 Å². The molecule has 0 saturated heterocycles.